The van der Waals surface area contributed by atoms with Crippen molar-refractivity contribution in [3.8, 4) is 0 Å². The molecule has 2 aliphatic carbocycles. The predicted octanol–water partition coefficient (Wildman–Crippen LogP) is 8.02. The first-order valence-corrected chi connectivity index (χ1v) is 13.5. The third-order valence-corrected chi connectivity index (χ3v) is 10.5. The molecule has 3 aliphatic rings. The first-order chi connectivity index (χ1) is 15.0. The lowest BCUT2D eigenvalue weighted by Gasteiger charge is -2.63. The highest BCUT2D eigenvalue weighted by Crippen LogP contribution is 2.60. The standard InChI is InChI=1S/C31H49N/c1-10-26-21(3)12-15-25-18-27-30(8,9)31(28(25)26,16-17-32(27)20-24-13-14-24)19-22(4)23(5)29(6,7)11-2/h12,15,24,27H,10-11,13-14,16-20H2,1-9H3/b23-22+. The average Bonchev–Trinajstić information content (AvgIpc) is 3.55. The summed E-state index contributed by atoms with van der Waals surface area (Å²) in [5.41, 5.74) is 10.7. The van der Waals surface area contributed by atoms with E-state index in [4.69, 9.17) is 0 Å². The molecule has 2 atom stereocenters. The van der Waals surface area contributed by atoms with Crippen LogP contribution in [-0.4, -0.2) is 24.0 Å². The summed E-state index contributed by atoms with van der Waals surface area (Å²) >= 11 is 0. The Bertz CT molecular complexity index is 897. The summed E-state index contributed by atoms with van der Waals surface area (Å²) in [5, 5.41) is 0. The summed E-state index contributed by atoms with van der Waals surface area (Å²) in [6.07, 6.45) is 9.06. The summed E-state index contributed by atoms with van der Waals surface area (Å²) in [6, 6.07) is 5.59. The highest BCUT2D eigenvalue weighted by molar-refractivity contribution is 5.51. The van der Waals surface area contributed by atoms with Crippen LogP contribution in [0.4, 0.5) is 0 Å². The summed E-state index contributed by atoms with van der Waals surface area (Å²) in [6.45, 7) is 24.7. The lowest BCUT2D eigenvalue weighted by molar-refractivity contribution is -0.0486. The zero-order valence-corrected chi connectivity index (χ0v) is 22.6. The van der Waals surface area contributed by atoms with Gasteiger partial charge in [-0.2, -0.15) is 0 Å². The largest absolute Gasteiger partial charge is 0.299 e. The smallest absolute Gasteiger partial charge is 0.0196 e. The molecule has 1 aromatic carbocycles. The fraction of sp³-hybridized carbons (Fsp3) is 0.742. The van der Waals surface area contributed by atoms with Crippen LogP contribution in [0.2, 0.25) is 0 Å². The third kappa shape index (κ3) is 3.71. The molecule has 1 aromatic rings. The van der Waals surface area contributed by atoms with E-state index in [1.165, 1.54) is 57.2 Å². The van der Waals surface area contributed by atoms with Gasteiger partial charge in [-0.3, -0.25) is 4.90 Å². The van der Waals surface area contributed by atoms with Gasteiger partial charge < -0.3 is 0 Å². The van der Waals surface area contributed by atoms with Gasteiger partial charge >= 0.3 is 0 Å². The van der Waals surface area contributed by atoms with Crippen molar-refractivity contribution in [2.75, 3.05) is 13.1 Å². The Morgan fingerprint density at radius 3 is 2.41 bits per heavy atom. The molecule has 0 radical (unpaired) electrons. The number of fused-ring (bicyclic) bond motifs is 4. The van der Waals surface area contributed by atoms with Gasteiger partial charge in [0.1, 0.15) is 0 Å². The third-order valence-electron chi connectivity index (χ3n) is 10.5. The monoisotopic (exact) mass is 435 g/mol. The van der Waals surface area contributed by atoms with E-state index in [9.17, 15) is 0 Å². The highest BCUT2D eigenvalue weighted by atomic mass is 15.2. The lowest BCUT2D eigenvalue weighted by atomic mass is 9.47. The second-order valence-electron chi connectivity index (χ2n) is 12.8. The molecule has 0 aromatic heterocycles. The van der Waals surface area contributed by atoms with Crippen molar-refractivity contribution in [2.24, 2.45) is 16.7 Å². The Morgan fingerprint density at radius 1 is 1.12 bits per heavy atom. The van der Waals surface area contributed by atoms with Crippen LogP contribution < -0.4 is 0 Å². The molecule has 4 rings (SSSR count). The van der Waals surface area contributed by atoms with Gasteiger partial charge in [-0.05, 0) is 111 Å². The Labute approximate surface area is 199 Å². The summed E-state index contributed by atoms with van der Waals surface area (Å²) < 4.78 is 0. The minimum atomic E-state index is 0.248. The molecule has 0 spiro atoms. The van der Waals surface area contributed by atoms with Crippen LogP contribution in [0, 0.1) is 23.7 Å². The lowest BCUT2D eigenvalue weighted by Crippen LogP contribution is -2.65. The second kappa shape index (κ2) is 8.30. The molecule has 0 N–H and O–H groups in total. The van der Waals surface area contributed by atoms with E-state index in [-0.39, 0.29) is 16.2 Å². The maximum Gasteiger partial charge on any atom is 0.0196 e. The molecule has 1 saturated carbocycles. The summed E-state index contributed by atoms with van der Waals surface area (Å²) in [7, 11) is 0. The van der Waals surface area contributed by atoms with Crippen LogP contribution in [0.1, 0.15) is 110 Å². The topological polar surface area (TPSA) is 3.24 Å². The Kier molecular flexibility index (Phi) is 6.24. The van der Waals surface area contributed by atoms with Gasteiger partial charge in [0.05, 0.1) is 0 Å². The Morgan fingerprint density at radius 2 is 1.81 bits per heavy atom. The van der Waals surface area contributed by atoms with Crippen molar-refractivity contribution >= 4 is 0 Å². The molecular formula is C31H49N. The zero-order valence-electron chi connectivity index (χ0n) is 22.6. The van der Waals surface area contributed by atoms with Crippen molar-refractivity contribution in [1.29, 1.82) is 0 Å². The van der Waals surface area contributed by atoms with Gasteiger partial charge in [-0.25, -0.2) is 0 Å². The van der Waals surface area contributed by atoms with Gasteiger partial charge in [0, 0.05) is 18.0 Å². The van der Waals surface area contributed by atoms with E-state index in [1.54, 1.807) is 27.8 Å². The van der Waals surface area contributed by atoms with Crippen LogP contribution >= 0.6 is 0 Å². The normalized spacial score (nSPS) is 28.3. The van der Waals surface area contributed by atoms with Crippen LogP contribution in [-0.2, 0) is 18.3 Å². The molecule has 1 heterocycles. The van der Waals surface area contributed by atoms with Crippen molar-refractivity contribution < 1.29 is 0 Å². The Hall–Kier alpha value is -1.08. The summed E-state index contributed by atoms with van der Waals surface area (Å²) in [5.74, 6) is 0.971. The van der Waals surface area contributed by atoms with Crippen molar-refractivity contribution in [2.45, 2.75) is 119 Å². The van der Waals surface area contributed by atoms with Gasteiger partial charge in [0.15, 0.2) is 0 Å². The minimum absolute atomic E-state index is 0.248. The number of rotatable bonds is 7. The predicted molar refractivity (Wildman–Crippen MR) is 139 cm³/mol. The fourth-order valence-corrected chi connectivity index (χ4v) is 7.33. The maximum absolute atomic E-state index is 2.91. The molecule has 1 heteroatoms. The van der Waals surface area contributed by atoms with Crippen molar-refractivity contribution in [1.82, 2.24) is 4.90 Å². The number of aryl methyl sites for hydroxylation is 1. The number of benzene rings is 1. The average molecular weight is 436 g/mol. The number of hydrogen-bond donors (Lipinski definition) is 0. The minimum Gasteiger partial charge on any atom is -0.299 e. The molecule has 178 valence electrons. The van der Waals surface area contributed by atoms with Crippen LogP contribution in [0.5, 0.6) is 0 Å². The van der Waals surface area contributed by atoms with Gasteiger partial charge in [-0.15, -0.1) is 0 Å². The van der Waals surface area contributed by atoms with Gasteiger partial charge in [0.25, 0.3) is 0 Å². The summed E-state index contributed by atoms with van der Waals surface area (Å²) in [4.78, 5) is 2.91. The van der Waals surface area contributed by atoms with E-state index in [0.717, 1.165) is 12.3 Å². The second-order valence-corrected chi connectivity index (χ2v) is 12.8. The first-order valence-electron chi connectivity index (χ1n) is 13.5. The molecule has 32 heavy (non-hydrogen) atoms. The van der Waals surface area contributed by atoms with E-state index in [0.29, 0.717) is 6.04 Å². The fourth-order valence-electron chi connectivity index (χ4n) is 7.33. The molecular weight excluding hydrogens is 386 g/mol. The van der Waals surface area contributed by atoms with E-state index in [1.807, 2.05) is 0 Å². The number of allylic oxidation sites excluding steroid dienone is 2. The molecule has 1 aliphatic heterocycles. The molecule has 2 bridgehead atoms. The van der Waals surface area contributed by atoms with E-state index in [2.05, 4.69) is 79.3 Å². The molecule has 1 saturated heterocycles. The molecule has 2 fully saturated rings. The van der Waals surface area contributed by atoms with Crippen molar-refractivity contribution in [3.05, 3.63) is 45.5 Å². The SMILES string of the molecule is CCc1c(C)ccc2c1C1(C/C(C)=C(\C)C(C)(C)CC)CCN(CC3CC3)C(C2)C1(C)C. The van der Waals surface area contributed by atoms with Crippen LogP contribution in [0.3, 0.4) is 0 Å². The molecule has 0 amide bonds. The Balaban J connectivity index is 1.88. The number of hydrogen-bond acceptors (Lipinski definition) is 1. The number of piperidine rings is 1. The van der Waals surface area contributed by atoms with Gasteiger partial charge in [0.2, 0.25) is 0 Å². The van der Waals surface area contributed by atoms with Gasteiger partial charge in [-0.1, -0.05) is 64.8 Å². The van der Waals surface area contributed by atoms with E-state index < -0.39 is 0 Å². The first kappa shape index (κ1) is 24.1. The molecule has 2 unspecified atom stereocenters. The van der Waals surface area contributed by atoms with Crippen molar-refractivity contribution in [3.63, 3.8) is 0 Å². The number of nitrogens with zero attached hydrogens (tertiary/aromatic N) is 1. The van der Waals surface area contributed by atoms with E-state index >= 15 is 0 Å². The quantitative estimate of drug-likeness (QED) is 0.392. The van der Waals surface area contributed by atoms with Crippen LogP contribution in [0.25, 0.3) is 0 Å². The van der Waals surface area contributed by atoms with Crippen LogP contribution in [0.15, 0.2) is 23.3 Å². The maximum atomic E-state index is 2.91. The highest BCUT2D eigenvalue weighted by Gasteiger charge is 2.59. The zero-order chi connectivity index (χ0) is 23.5. The molecule has 1 nitrogen and oxygen atoms in total. The number of likely N-dealkylation sites (tertiary alicyclic amines) is 1.